The van der Waals surface area contributed by atoms with Gasteiger partial charge in [0, 0.05) is 18.7 Å². The molecule has 1 aromatic carbocycles. The minimum atomic E-state index is 0.0899. The number of benzene rings is 1. The van der Waals surface area contributed by atoms with Crippen molar-refractivity contribution in [2.75, 3.05) is 31.4 Å². The van der Waals surface area contributed by atoms with Crippen molar-refractivity contribution < 1.29 is 9.47 Å². The summed E-state index contributed by atoms with van der Waals surface area (Å²) < 4.78 is 10.6. The molecule has 0 bridgehead atoms. The quantitative estimate of drug-likeness (QED) is 0.846. The zero-order chi connectivity index (χ0) is 12.5. The molecule has 0 spiro atoms. The first-order valence-electron chi connectivity index (χ1n) is 5.90. The maximum absolute atomic E-state index is 5.31. The van der Waals surface area contributed by atoms with Gasteiger partial charge in [0.1, 0.15) is 0 Å². The largest absolute Gasteiger partial charge is 0.493 e. The summed E-state index contributed by atoms with van der Waals surface area (Å²) in [5, 5.41) is 6.98. The van der Waals surface area contributed by atoms with Crippen molar-refractivity contribution in [3.8, 4) is 11.5 Å². The van der Waals surface area contributed by atoms with E-state index in [4.69, 9.17) is 9.47 Å². The molecule has 4 heteroatoms. The molecular weight excluding hydrogens is 216 g/mol. The van der Waals surface area contributed by atoms with E-state index < -0.39 is 0 Å². The maximum Gasteiger partial charge on any atom is 0.162 e. The number of fused-ring (bicyclic) bond motifs is 1. The summed E-state index contributed by atoms with van der Waals surface area (Å²) in [5.74, 6) is 1.50. The van der Waals surface area contributed by atoms with E-state index in [0.29, 0.717) is 0 Å². The molecule has 0 saturated carbocycles. The van der Waals surface area contributed by atoms with Gasteiger partial charge in [0.2, 0.25) is 0 Å². The van der Waals surface area contributed by atoms with Gasteiger partial charge in [-0.3, -0.25) is 0 Å². The number of nitrogens with one attached hydrogen (secondary N) is 2. The fourth-order valence-corrected chi connectivity index (χ4v) is 2.00. The highest BCUT2D eigenvalue weighted by atomic mass is 16.5. The molecule has 0 amide bonds. The van der Waals surface area contributed by atoms with Crippen LogP contribution in [-0.4, -0.2) is 26.3 Å². The molecule has 1 aromatic rings. The fourth-order valence-electron chi connectivity index (χ4n) is 2.00. The summed E-state index contributed by atoms with van der Waals surface area (Å²) in [6.07, 6.45) is 1.06. The van der Waals surface area contributed by atoms with Crippen LogP contribution in [0.5, 0.6) is 11.5 Å². The SMILES string of the molecule is CCC1(C)CNc2cc(OC)c(OC)cc2N1. The molecule has 0 fully saturated rings. The highest BCUT2D eigenvalue weighted by Gasteiger charge is 2.28. The Kier molecular flexibility index (Phi) is 3.05. The smallest absolute Gasteiger partial charge is 0.162 e. The Labute approximate surface area is 102 Å². The molecule has 4 nitrogen and oxygen atoms in total. The fraction of sp³-hybridized carbons (Fsp3) is 0.538. The first kappa shape index (κ1) is 11.9. The minimum Gasteiger partial charge on any atom is -0.493 e. The minimum absolute atomic E-state index is 0.0899. The highest BCUT2D eigenvalue weighted by molar-refractivity contribution is 5.76. The second-order valence-corrected chi connectivity index (χ2v) is 4.65. The first-order valence-corrected chi connectivity index (χ1v) is 5.90. The van der Waals surface area contributed by atoms with Gasteiger partial charge < -0.3 is 20.1 Å². The number of anilines is 2. The van der Waals surface area contributed by atoms with Crippen molar-refractivity contribution in [3.05, 3.63) is 12.1 Å². The van der Waals surface area contributed by atoms with Crippen LogP contribution < -0.4 is 20.1 Å². The van der Waals surface area contributed by atoms with Gasteiger partial charge in [-0.2, -0.15) is 0 Å². The third-order valence-electron chi connectivity index (χ3n) is 3.41. The predicted molar refractivity (Wildman–Crippen MR) is 70.4 cm³/mol. The molecular formula is C13H20N2O2. The molecule has 17 heavy (non-hydrogen) atoms. The van der Waals surface area contributed by atoms with Gasteiger partial charge in [-0.15, -0.1) is 0 Å². The Bertz CT molecular complexity index is 420. The zero-order valence-electron chi connectivity index (χ0n) is 10.9. The number of ether oxygens (including phenoxy) is 2. The molecule has 94 valence electrons. The van der Waals surface area contributed by atoms with Gasteiger partial charge in [-0.25, -0.2) is 0 Å². The number of rotatable bonds is 3. The summed E-state index contributed by atoms with van der Waals surface area (Å²) in [7, 11) is 3.30. The molecule has 1 unspecified atom stereocenters. The van der Waals surface area contributed by atoms with E-state index >= 15 is 0 Å². The number of hydrogen-bond acceptors (Lipinski definition) is 4. The van der Waals surface area contributed by atoms with E-state index in [1.165, 1.54) is 0 Å². The lowest BCUT2D eigenvalue weighted by atomic mass is 9.95. The van der Waals surface area contributed by atoms with Crippen LogP contribution in [0.4, 0.5) is 11.4 Å². The van der Waals surface area contributed by atoms with Crippen LogP contribution in [0.15, 0.2) is 12.1 Å². The van der Waals surface area contributed by atoms with Crippen molar-refractivity contribution in [1.29, 1.82) is 0 Å². The summed E-state index contributed by atoms with van der Waals surface area (Å²) in [4.78, 5) is 0. The van der Waals surface area contributed by atoms with E-state index in [2.05, 4.69) is 24.5 Å². The van der Waals surface area contributed by atoms with E-state index in [1.807, 2.05) is 12.1 Å². The lowest BCUT2D eigenvalue weighted by molar-refractivity contribution is 0.355. The van der Waals surface area contributed by atoms with Crippen LogP contribution >= 0.6 is 0 Å². The standard InChI is InChI=1S/C13H20N2O2/c1-5-13(2)8-14-9-6-11(16-3)12(17-4)7-10(9)15-13/h6-7,14-15H,5,8H2,1-4H3. The normalized spacial score (nSPS) is 22.1. The average Bonchev–Trinajstić information content (AvgIpc) is 2.37. The molecule has 0 radical (unpaired) electrons. The van der Waals surface area contributed by atoms with Gasteiger partial charge in [-0.1, -0.05) is 6.92 Å². The molecule has 2 N–H and O–H groups in total. The van der Waals surface area contributed by atoms with Crippen molar-refractivity contribution in [2.24, 2.45) is 0 Å². The molecule has 1 aliphatic heterocycles. The average molecular weight is 236 g/mol. The second-order valence-electron chi connectivity index (χ2n) is 4.65. The molecule has 0 aromatic heterocycles. The Hall–Kier alpha value is -1.58. The predicted octanol–water partition coefficient (Wildman–Crippen LogP) is 2.71. The summed E-state index contributed by atoms with van der Waals surface area (Å²) >= 11 is 0. The van der Waals surface area contributed by atoms with Crippen LogP contribution in [-0.2, 0) is 0 Å². The van der Waals surface area contributed by atoms with Crippen molar-refractivity contribution in [3.63, 3.8) is 0 Å². The van der Waals surface area contributed by atoms with Gasteiger partial charge in [0.25, 0.3) is 0 Å². The van der Waals surface area contributed by atoms with Gasteiger partial charge in [0.15, 0.2) is 11.5 Å². The van der Waals surface area contributed by atoms with Gasteiger partial charge in [0.05, 0.1) is 31.1 Å². The third-order valence-corrected chi connectivity index (χ3v) is 3.41. The van der Waals surface area contributed by atoms with Crippen molar-refractivity contribution >= 4 is 11.4 Å². The summed E-state index contributed by atoms with van der Waals surface area (Å²) in [6, 6.07) is 3.95. The van der Waals surface area contributed by atoms with Gasteiger partial charge >= 0.3 is 0 Å². The summed E-state index contributed by atoms with van der Waals surface area (Å²) in [6.45, 7) is 5.30. The van der Waals surface area contributed by atoms with Crippen LogP contribution in [0, 0.1) is 0 Å². The Morgan fingerprint density at radius 3 is 2.29 bits per heavy atom. The van der Waals surface area contributed by atoms with Crippen molar-refractivity contribution in [2.45, 2.75) is 25.8 Å². The van der Waals surface area contributed by atoms with E-state index in [-0.39, 0.29) is 5.54 Å². The number of hydrogen-bond donors (Lipinski definition) is 2. The topological polar surface area (TPSA) is 42.5 Å². The second kappa shape index (κ2) is 4.35. The van der Waals surface area contributed by atoms with E-state index in [1.54, 1.807) is 14.2 Å². The monoisotopic (exact) mass is 236 g/mol. The third kappa shape index (κ3) is 2.12. The summed E-state index contributed by atoms with van der Waals surface area (Å²) in [5.41, 5.74) is 2.22. The molecule has 2 rings (SSSR count). The lowest BCUT2D eigenvalue weighted by Gasteiger charge is -2.37. The first-order chi connectivity index (χ1) is 8.11. The molecule has 1 heterocycles. The van der Waals surface area contributed by atoms with Crippen LogP contribution in [0.1, 0.15) is 20.3 Å². The molecule has 0 aliphatic carbocycles. The zero-order valence-corrected chi connectivity index (χ0v) is 10.9. The highest BCUT2D eigenvalue weighted by Crippen LogP contribution is 2.40. The van der Waals surface area contributed by atoms with E-state index in [0.717, 1.165) is 35.8 Å². The molecule has 1 atom stereocenters. The van der Waals surface area contributed by atoms with Crippen molar-refractivity contribution in [1.82, 2.24) is 0 Å². The molecule has 1 aliphatic rings. The Balaban J connectivity index is 2.38. The molecule has 0 saturated heterocycles. The van der Waals surface area contributed by atoms with Crippen LogP contribution in [0.25, 0.3) is 0 Å². The Morgan fingerprint density at radius 2 is 1.76 bits per heavy atom. The van der Waals surface area contributed by atoms with Crippen LogP contribution in [0.2, 0.25) is 0 Å². The maximum atomic E-state index is 5.31. The number of methoxy groups -OCH3 is 2. The van der Waals surface area contributed by atoms with E-state index in [9.17, 15) is 0 Å². The lowest BCUT2D eigenvalue weighted by Crippen LogP contribution is -2.44. The Morgan fingerprint density at radius 1 is 1.18 bits per heavy atom. The van der Waals surface area contributed by atoms with Crippen LogP contribution in [0.3, 0.4) is 0 Å². The van der Waals surface area contributed by atoms with Gasteiger partial charge in [-0.05, 0) is 13.3 Å².